The van der Waals surface area contributed by atoms with Crippen molar-refractivity contribution in [2.75, 3.05) is 26.8 Å². The highest BCUT2D eigenvalue weighted by atomic mass is 16.5. The Bertz CT molecular complexity index is 583. The Labute approximate surface area is 111 Å². The van der Waals surface area contributed by atoms with Gasteiger partial charge in [-0.2, -0.15) is 0 Å². The number of carbonyl (C=O) groups is 1. The molecule has 1 aliphatic heterocycles. The number of nitrogens with zero attached hydrogens (tertiary/aromatic N) is 2. The first-order valence-electron chi connectivity index (χ1n) is 6.35. The summed E-state index contributed by atoms with van der Waals surface area (Å²) in [4.78, 5) is 21.4. The Morgan fingerprint density at radius 3 is 2.84 bits per heavy atom. The van der Waals surface area contributed by atoms with Gasteiger partial charge in [-0.05, 0) is 12.1 Å². The second-order valence-corrected chi connectivity index (χ2v) is 5.57. The van der Waals surface area contributed by atoms with Crippen LogP contribution in [0.5, 0.6) is 0 Å². The van der Waals surface area contributed by atoms with Gasteiger partial charge in [0.25, 0.3) is 5.91 Å². The summed E-state index contributed by atoms with van der Waals surface area (Å²) < 4.78 is 5.21. The number of hydrogen-bond acceptors (Lipinski definition) is 3. The summed E-state index contributed by atoms with van der Waals surface area (Å²) in [5.41, 5.74) is 1.78. The van der Waals surface area contributed by atoms with Crippen LogP contribution in [0.2, 0.25) is 0 Å². The molecular formula is C14H17N3O2. The van der Waals surface area contributed by atoms with Gasteiger partial charge in [0.1, 0.15) is 0 Å². The molecule has 0 unspecified atom stereocenters. The summed E-state index contributed by atoms with van der Waals surface area (Å²) in [5.74, 6) is 0.317. The molecule has 5 heteroatoms. The van der Waals surface area contributed by atoms with Crippen LogP contribution in [-0.4, -0.2) is 47.6 Å². The normalized spacial score (nSPS) is 17.2. The van der Waals surface area contributed by atoms with Crippen LogP contribution < -0.4 is 0 Å². The number of fused-ring (bicyclic) bond motifs is 1. The number of aromatic amines is 1. The highest BCUT2D eigenvalue weighted by Gasteiger charge is 2.36. The number of para-hydroxylation sites is 2. The van der Waals surface area contributed by atoms with E-state index in [1.807, 2.05) is 24.3 Å². The minimum absolute atomic E-state index is 0.0793. The molecule has 0 bridgehead atoms. The van der Waals surface area contributed by atoms with Gasteiger partial charge in [0, 0.05) is 19.0 Å². The number of rotatable bonds is 3. The number of H-pyrrole nitrogens is 1. The fraction of sp³-hybridized carbons (Fsp3) is 0.429. The van der Waals surface area contributed by atoms with Crippen LogP contribution in [0.3, 0.4) is 0 Å². The van der Waals surface area contributed by atoms with Gasteiger partial charge >= 0.3 is 0 Å². The van der Waals surface area contributed by atoms with Gasteiger partial charge in [-0.1, -0.05) is 19.1 Å². The third kappa shape index (κ3) is 2.21. The van der Waals surface area contributed by atoms with Crippen LogP contribution in [0, 0.1) is 5.41 Å². The molecule has 0 aliphatic carbocycles. The molecular weight excluding hydrogens is 242 g/mol. The van der Waals surface area contributed by atoms with Crippen molar-refractivity contribution in [2.24, 2.45) is 5.41 Å². The molecule has 5 nitrogen and oxygen atoms in total. The van der Waals surface area contributed by atoms with Crippen LogP contribution in [-0.2, 0) is 4.74 Å². The third-order valence-electron chi connectivity index (χ3n) is 3.46. The number of amides is 1. The van der Waals surface area contributed by atoms with Crippen molar-refractivity contribution in [3.05, 3.63) is 30.1 Å². The predicted molar refractivity (Wildman–Crippen MR) is 72.0 cm³/mol. The number of nitrogens with one attached hydrogen (secondary N) is 1. The highest BCUT2D eigenvalue weighted by molar-refractivity contribution is 5.94. The molecule has 1 aromatic carbocycles. The minimum atomic E-state index is -0.0793. The molecule has 1 saturated heterocycles. The molecule has 0 atom stereocenters. The molecule has 1 fully saturated rings. The monoisotopic (exact) mass is 259 g/mol. The van der Waals surface area contributed by atoms with Crippen molar-refractivity contribution >= 4 is 16.9 Å². The summed E-state index contributed by atoms with van der Waals surface area (Å²) in [7, 11) is 1.80. The lowest BCUT2D eigenvalue weighted by atomic mass is 9.88. The largest absolute Gasteiger partial charge is 0.380 e. The number of aromatic nitrogens is 2. The molecule has 1 N–H and O–H groups in total. The molecule has 0 radical (unpaired) electrons. The second kappa shape index (κ2) is 4.35. The van der Waals surface area contributed by atoms with Gasteiger partial charge in [-0.3, -0.25) is 4.79 Å². The first kappa shape index (κ1) is 12.2. The van der Waals surface area contributed by atoms with Crippen molar-refractivity contribution in [2.45, 2.75) is 6.92 Å². The minimum Gasteiger partial charge on any atom is -0.380 e. The summed E-state index contributed by atoms with van der Waals surface area (Å²) in [6, 6.07) is 7.64. The predicted octanol–water partition coefficient (Wildman–Crippen LogP) is 1.67. The lowest BCUT2D eigenvalue weighted by molar-refractivity contribution is -0.109. The van der Waals surface area contributed by atoms with E-state index in [1.165, 1.54) is 0 Å². The van der Waals surface area contributed by atoms with E-state index in [-0.39, 0.29) is 11.3 Å². The maximum absolute atomic E-state index is 12.3. The molecule has 0 spiro atoms. The standard InChI is InChI=1S/C14H17N3O2/c1-14(8-19-9-14)7-17(2)13(18)12-15-10-5-3-4-6-11(10)16-12/h3-6H,7-9H2,1-2H3,(H,15,16). The summed E-state index contributed by atoms with van der Waals surface area (Å²) in [6.45, 7) is 4.23. The van der Waals surface area contributed by atoms with Gasteiger partial charge in [-0.15, -0.1) is 0 Å². The number of hydrogen-bond donors (Lipinski definition) is 1. The van der Waals surface area contributed by atoms with Crippen LogP contribution in [0.15, 0.2) is 24.3 Å². The molecule has 100 valence electrons. The van der Waals surface area contributed by atoms with Crippen molar-refractivity contribution in [1.29, 1.82) is 0 Å². The molecule has 19 heavy (non-hydrogen) atoms. The van der Waals surface area contributed by atoms with Crippen LogP contribution >= 0.6 is 0 Å². The average molecular weight is 259 g/mol. The van der Waals surface area contributed by atoms with Crippen molar-refractivity contribution in [3.8, 4) is 0 Å². The van der Waals surface area contributed by atoms with E-state index in [1.54, 1.807) is 11.9 Å². The Hall–Kier alpha value is -1.88. The van der Waals surface area contributed by atoms with E-state index in [2.05, 4.69) is 16.9 Å². The Kier molecular flexibility index (Phi) is 2.78. The molecule has 1 aliphatic rings. The molecule has 0 saturated carbocycles. The van der Waals surface area contributed by atoms with Crippen LogP contribution in [0.1, 0.15) is 17.5 Å². The van der Waals surface area contributed by atoms with Gasteiger partial charge in [0.2, 0.25) is 0 Å². The molecule has 2 heterocycles. The number of ether oxygens (including phenoxy) is 1. The van der Waals surface area contributed by atoms with Gasteiger partial charge in [-0.25, -0.2) is 4.98 Å². The highest BCUT2D eigenvalue weighted by Crippen LogP contribution is 2.27. The fourth-order valence-electron chi connectivity index (χ4n) is 2.42. The third-order valence-corrected chi connectivity index (χ3v) is 3.46. The lowest BCUT2D eigenvalue weighted by Crippen LogP contribution is -2.49. The second-order valence-electron chi connectivity index (χ2n) is 5.57. The van der Waals surface area contributed by atoms with E-state index in [9.17, 15) is 4.79 Å². The quantitative estimate of drug-likeness (QED) is 0.912. The average Bonchev–Trinajstić information content (AvgIpc) is 2.79. The maximum Gasteiger partial charge on any atom is 0.289 e. The van der Waals surface area contributed by atoms with Gasteiger partial charge < -0.3 is 14.6 Å². The van der Waals surface area contributed by atoms with E-state index < -0.39 is 0 Å². The van der Waals surface area contributed by atoms with Crippen LogP contribution in [0.25, 0.3) is 11.0 Å². The lowest BCUT2D eigenvalue weighted by Gasteiger charge is -2.40. The number of carbonyl (C=O) groups excluding carboxylic acids is 1. The smallest absolute Gasteiger partial charge is 0.289 e. The molecule has 1 aromatic heterocycles. The number of imidazole rings is 1. The first-order valence-corrected chi connectivity index (χ1v) is 6.35. The summed E-state index contributed by atoms with van der Waals surface area (Å²) in [6.07, 6.45) is 0. The van der Waals surface area contributed by atoms with E-state index in [0.717, 1.165) is 11.0 Å². The molecule has 2 aromatic rings. The van der Waals surface area contributed by atoms with E-state index in [4.69, 9.17) is 4.74 Å². The van der Waals surface area contributed by atoms with Crippen molar-refractivity contribution < 1.29 is 9.53 Å². The topological polar surface area (TPSA) is 58.2 Å². The first-order chi connectivity index (χ1) is 9.07. The Morgan fingerprint density at radius 1 is 1.47 bits per heavy atom. The van der Waals surface area contributed by atoms with Gasteiger partial charge in [0.15, 0.2) is 5.82 Å². The van der Waals surface area contributed by atoms with Crippen molar-refractivity contribution in [1.82, 2.24) is 14.9 Å². The summed E-state index contributed by atoms with van der Waals surface area (Å²) in [5, 5.41) is 0. The zero-order valence-corrected chi connectivity index (χ0v) is 11.1. The SMILES string of the molecule is CN(CC1(C)COC1)C(=O)c1nc2ccccc2[nH]1. The Balaban J connectivity index is 1.78. The molecule has 1 amide bonds. The molecule has 3 rings (SSSR count). The van der Waals surface area contributed by atoms with Gasteiger partial charge in [0.05, 0.1) is 24.2 Å². The Morgan fingerprint density at radius 2 is 2.21 bits per heavy atom. The summed E-state index contributed by atoms with van der Waals surface area (Å²) >= 11 is 0. The van der Waals surface area contributed by atoms with Crippen LogP contribution in [0.4, 0.5) is 0 Å². The van der Waals surface area contributed by atoms with E-state index in [0.29, 0.717) is 25.6 Å². The zero-order chi connectivity index (χ0) is 13.5. The number of benzene rings is 1. The van der Waals surface area contributed by atoms with E-state index >= 15 is 0 Å². The zero-order valence-electron chi connectivity index (χ0n) is 11.1. The fourth-order valence-corrected chi connectivity index (χ4v) is 2.42. The maximum atomic E-state index is 12.3. The van der Waals surface area contributed by atoms with Crippen molar-refractivity contribution in [3.63, 3.8) is 0 Å².